The zero-order chi connectivity index (χ0) is 27.0. The lowest BCUT2D eigenvalue weighted by molar-refractivity contribution is -0.140. The normalized spacial score (nSPS) is 14.3. The van der Waals surface area contributed by atoms with Crippen molar-refractivity contribution >= 4 is 0 Å². The third kappa shape index (κ3) is 4.98. The fourth-order valence-electron chi connectivity index (χ4n) is 4.12. The maximum atomic E-state index is 13.1. The molecule has 1 atom stereocenters. The molecule has 1 aliphatic carbocycles. The quantitative estimate of drug-likeness (QED) is 0.302. The summed E-state index contributed by atoms with van der Waals surface area (Å²) in [6, 6.07) is 6.95. The minimum absolute atomic E-state index is 0.213. The number of hydrogen-bond acceptors (Lipinski definition) is 8. The second-order valence-corrected chi connectivity index (χ2v) is 8.93. The molecule has 0 aliphatic heterocycles. The Labute approximate surface area is 216 Å². The van der Waals surface area contributed by atoms with Crippen LogP contribution in [0.5, 0.6) is 17.5 Å². The highest BCUT2D eigenvalue weighted by Gasteiger charge is 2.35. The summed E-state index contributed by atoms with van der Waals surface area (Å²) >= 11 is 0. The smallest absolute Gasteiger partial charge is 0.434 e. The maximum Gasteiger partial charge on any atom is 0.434 e. The summed E-state index contributed by atoms with van der Waals surface area (Å²) < 4.78 is 57.6. The van der Waals surface area contributed by atoms with Crippen molar-refractivity contribution in [2.45, 2.75) is 38.0 Å². The molecular formula is C26H25F3N6O3. The average Bonchev–Trinajstić information content (AvgIpc) is 3.68. The Kier molecular flexibility index (Phi) is 6.64. The van der Waals surface area contributed by atoms with E-state index in [4.69, 9.17) is 14.2 Å². The van der Waals surface area contributed by atoms with Gasteiger partial charge in [0.2, 0.25) is 5.88 Å². The van der Waals surface area contributed by atoms with Crippen molar-refractivity contribution in [3.05, 3.63) is 59.9 Å². The maximum absolute atomic E-state index is 13.1. The number of halogens is 3. The highest BCUT2D eigenvalue weighted by atomic mass is 19.4. The molecule has 3 heterocycles. The molecule has 3 aromatic heterocycles. The van der Waals surface area contributed by atoms with Crippen molar-refractivity contribution in [2.24, 2.45) is 7.05 Å². The minimum atomic E-state index is -4.51. The standard InChI is InChI=1S/C26H25F3N6O3/c1-14(15-5-9-17(10-6-15)23-33-19(12-35(23)2)26(27,28)29)38-24-18(36-3)11-30-22(34-24)20-21(16-7-8-16)31-13-32-25(20)37-4/h5-6,9-14,16H,7-8H2,1-4H3. The fraction of sp³-hybridized carbons (Fsp3) is 0.346. The van der Waals surface area contributed by atoms with Crippen molar-refractivity contribution in [1.82, 2.24) is 29.5 Å². The topological polar surface area (TPSA) is 97.1 Å². The van der Waals surface area contributed by atoms with E-state index in [2.05, 4.69) is 24.9 Å². The first-order valence-electron chi connectivity index (χ1n) is 11.9. The number of benzene rings is 1. The number of methoxy groups -OCH3 is 2. The highest BCUT2D eigenvalue weighted by molar-refractivity contribution is 5.66. The summed E-state index contributed by atoms with van der Waals surface area (Å²) in [7, 11) is 4.55. The molecule has 4 aromatic rings. The van der Waals surface area contributed by atoms with Crippen LogP contribution in [0.15, 0.2) is 43.0 Å². The molecule has 0 N–H and O–H groups in total. The number of nitrogens with zero attached hydrogens (tertiary/aromatic N) is 6. The number of imidazole rings is 1. The number of aromatic nitrogens is 6. The lowest BCUT2D eigenvalue weighted by Crippen LogP contribution is -2.08. The number of alkyl halides is 3. The van der Waals surface area contributed by atoms with Gasteiger partial charge in [0.1, 0.15) is 23.8 Å². The zero-order valence-electron chi connectivity index (χ0n) is 21.2. The molecule has 1 saturated carbocycles. The van der Waals surface area contributed by atoms with Gasteiger partial charge in [-0.2, -0.15) is 18.2 Å². The Morgan fingerprint density at radius 2 is 1.71 bits per heavy atom. The number of hydrogen-bond donors (Lipinski definition) is 0. The molecule has 1 fully saturated rings. The largest absolute Gasteiger partial charge is 0.490 e. The fourth-order valence-corrected chi connectivity index (χ4v) is 4.12. The van der Waals surface area contributed by atoms with Crippen LogP contribution >= 0.6 is 0 Å². The van der Waals surface area contributed by atoms with Gasteiger partial charge in [-0.15, -0.1) is 0 Å². The molecule has 0 spiro atoms. The molecule has 0 radical (unpaired) electrons. The van der Waals surface area contributed by atoms with Gasteiger partial charge in [0.25, 0.3) is 5.88 Å². The molecule has 0 saturated heterocycles. The predicted molar refractivity (Wildman–Crippen MR) is 131 cm³/mol. The molecule has 5 rings (SSSR count). The lowest BCUT2D eigenvalue weighted by Gasteiger charge is -2.18. The summed E-state index contributed by atoms with van der Waals surface area (Å²) in [5.74, 6) is 1.82. The molecule has 12 heteroatoms. The average molecular weight is 527 g/mol. The van der Waals surface area contributed by atoms with Gasteiger partial charge in [0.05, 0.1) is 26.1 Å². The molecule has 0 amide bonds. The Morgan fingerprint density at radius 3 is 2.32 bits per heavy atom. The van der Waals surface area contributed by atoms with E-state index in [1.807, 2.05) is 6.92 Å². The van der Waals surface area contributed by atoms with Crippen LogP contribution in [0.25, 0.3) is 22.8 Å². The molecule has 1 unspecified atom stereocenters. The van der Waals surface area contributed by atoms with Crippen LogP contribution in [0.2, 0.25) is 0 Å². The van der Waals surface area contributed by atoms with Crippen molar-refractivity contribution in [3.63, 3.8) is 0 Å². The first-order valence-corrected chi connectivity index (χ1v) is 11.9. The Balaban J connectivity index is 1.42. The second kappa shape index (κ2) is 9.92. The van der Waals surface area contributed by atoms with Gasteiger partial charge in [-0.3, -0.25) is 0 Å². The van der Waals surface area contributed by atoms with Crippen LogP contribution < -0.4 is 14.2 Å². The monoisotopic (exact) mass is 526 g/mol. The van der Waals surface area contributed by atoms with Crippen LogP contribution in [0.4, 0.5) is 13.2 Å². The predicted octanol–water partition coefficient (Wildman–Crippen LogP) is 5.39. The first-order chi connectivity index (χ1) is 18.2. The van der Waals surface area contributed by atoms with Gasteiger partial charge in [0.15, 0.2) is 17.3 Å². The highest BCUT2D eigenvalue weighted by Crippen LogP contribution is 2.45. The van der Waals surface area contributed by atoms with Crippen LogP contribution in [0, 0.1) is 0 Å². The minimum Gasteiger partial charge on any atom is -0.490 e. The van der Waals surface area contributed by atoms with Gasteiger partial charge in [-0.25, -0.2) is 19.9 Å². The molecule has 9 nitrogen and oxygen atoms in total. The van der Waals surface area contributed by atoms with Gasteiger partial charge in [0, 0.05) is 24.7 Å². The third-order valence-electron chi connectivity index (χ3n) is 6.26. The van der Waals surface area contributed by atoms with Crippen LogP contribution in [-0.2, 0) is 13.2 Å². The van der Waals surface area contributed by atoms with Gasteiger partial charge < -0.3 is 18.8 Å². The van der Waals surface area contributed by atoms with Crippen LogP contribution in [0.1, 0.15) is 48.7 Å². The summed E-state index contributed by atoms with van der Waals surface area (Å²) in [6.45, 7) is 1.83. The van der Waals surface area contributed by atoms with Gasteiger partial charge >= 0.3 is 6.18 Å². The summed E-state index contributed by atoms with van der Waals surface area (Å²) in [4.78, 5) is 21.5. The van der Waals surface area contributed by atoms with Crippen molar-refractivity contribution < 1.29 is 27.4 Å². The van der Waals surface area contributed by atoms with E-state index in [1.54, 1.807) is 24.3 Å². The molecule has 38 heavy (non-hydrogen) atoms. The molecule has 0 bridgehead atoms. The summed E-state index contributed by atoms with van der Waals surface area (Å²) in [5, 5.41) is 0. The van der Waals surface area contributed by atoms with E-state index in [0.717, 1.165) is 30.3 Å². The lowest BCUT2D eigenvalue weighted by atomic mass is 10.1. The Morgan fingerprint density at radius 1 is 0.974 bits per heavy atom. The first kappa shape index (κ1) is 25.4. The molecule has 1 aliphatic rings. The van der Waals surface area contributed by atoms with Crippen LogP contribution in [-0.4, -0.2) is 43.7 Å². The van der Waals surface area contributed by atoms with E-state index < -0.39 is 18.0 Å². The molecule has 198 valence electrons. The van der Waals surface area contributed by atoms with Crippen LogP contribution in [0.3, 0.4) is 0 Å². The summed E-state index contributed by atoms with van der Waals surface area (Å²) in [5.41, 5.74) is 1.84. The van der Waals surface area contributed by atoms with E-state index in [1.165, 1.54) is 38.4 Å². The van der Waals surface area contributed by atoms with E-state index in [-0.39, 0.29) is 11.7 Å². The van der Waals surface area contributed by atoms with Crippen molar-refractivity contribution in [2.75, 3.05) is 14.2 Å². The Bertz CT molecular complexity index is 1450. The zero-order valence-corrected chi connectivity index (χ0v) is 21.2. The Hall–Kier alpha value is -4.22. The number of rotatable bonds is 8. The van der Waals surface area contributed by atoms with Crippen molar-refractivity contribution in [3.8, 4) is 40.3 Å². The second-order valence-electron chi connectivity index (χ2n) is 8.93. The molecule has 1 aromatic carbocycles. The van der Waals surface area contributed by atoms with Crippen molar-refractivity contribution in [1.29, 1.82) is 0 Å². The summed E-state index contributed by atoms with van der Waals surface area (Å²) in [6.07, 6.45) is 1.03. The van der Waals surface area contributed by atoms with E-state index in [9.17, 15) is 13.2 Å². The van der Waals surface area contributed by atoms with Gasteiger partial charge in [-0.05, 0) is 25.3 Å². The third-order valence-corrected chi connectivity index (χ3v) is 6.26. The van der Waals surface area contributed by atoms with Gasteiger partial charge in [-0.1, -0.05) is 24.3 Å². The SMILES string of the molecule is COc1cnc(-c2c(OC)ncnc2C2CC2)nc1OC(C)c1ccc(-c2nc(C(F)(F)F)cn2C)cc1. The number of aryl methyl sites for hydroxylation is 1. The molecular weight excluding hydrogens is 501 g/mol. The van der Waals surface area contributed by atoms with E-state index in [0.29, 0.717) is 34.5 Å². The van der Waals surface area contributed by atoms with E-state index >= 15 is 0 Å². The number of ether oxygens (including phenoxy) is 3.